The van der Waals surface area contributed by atoms with Crippen LogP contribution in [0.25, 0.3) is 0 Å². The van der Waals surface area contributed by atoms with Crippen LogP contribution in [-0.2, 0) is 14.3 Å². The van der Waals surface area contributed by atoms with Crippen LogP contribution in [0.1, 0.15) is 45.4 Å². The summed E-state index contributed by atoms with van der Waals surface area (Å²) in [5.74, 6) is -0.0594. The quantitative estimate of drug-likeness (QED) is 0.426. The van der Waals surface area contributed by atoms with Crippen molar-refractivity contribution in [2.45, 2.75) is 45.4 Å². The molecule has 0 radical (unpaired) electrons. The Balaban J connectivity index is 3.10. The Labute approximate surface area is 86.8 Å². The van der Waals surface area contributed by atoms with Gasteiger partial charge in [0.1, 0.15) is 0 Å². The van der Waals surface area contributed by atoms with Gasteiger partial charge < -0.3 is 9.47 Å². The molecule has 3 heteroatoms. The molecule has 0 aliphatic carbocycles. The molecule has 0 aromatic heterocycles. The fraction of sp³-hybridized carbons (Fsp3) is 0.909. The minimum absolute atomic E-state index is 0.0594. The molecule has 3 nitrogen and oxygen atoms in total. The SMILES string of the molecule is CCCCOC(=O)CCCCCOC. The third-order valence-electron chi connectivity index (χ3n) is 1.99. The number of rotatable bonds is 9. The fourth-order valence-electron chi connectivity index (χ4n) is 1.10. The molecule has 0 amide bonds. The van der Waals surface area contributed by atoms with Gasteiger partial charge in [-0.05, 0) is 19.3 Å². The molecule has 0 spiro atoms. The van der Waals surface area contributed by atoms with Crippen molar-refractivity contribution in [2.75, 3.05) is 20.3 Å². The van der Waals surface area contributed by atoms with Gasteiger partial charge in [-0.15, -0.1) is 0 Å². The summed E-state index contributed by atoms with van der Waals surface area (Å²) in [7, 11) is 1.69. The molecule has 0 atom stereocenters. The molecule has 0 bridgehead atoms. The maximum Gasteiger partial charge on any atom is 0.305 e. The number of carbonyl (C=O) groups is 1. The number of methoxy groups -OCH3 is 1. The van der Waals surface area contributed by atoms with Gasteiger partial charge in [-0.25, -0.2) is 0 Å². The Morgan fingerprint density at radius 3 is 2.50 bits per heavy atom. The lowest BCUT2D eigenvalue weighted by Gasteiger charge is -2.03. The Hall–Kier alpha value is -0.570. The molecule has 0 heterocycles. The minimum Gasteiger partial charge on any atom is -0.466 e. The summed E-state index contributed by atoms with van der Waals surface area (Å²) in [6.07, 6.45) is 5.56. The van der Waals surface area contributed by atoms with E-state index in [-0.39, 0.29) is 5.97 Å². The first-order valence-corrected chi connectivity index (χ1v) is 5.45. The zero-order valence-corrected chi connectivity index (χ0v) is 9.38. The zero-order valence-electron chi connectivity index (χ0n) is 9.38. The van der Waals surface area contributed by atoms with E-state index in [2.05, 4.69) is 6.92 Å². The van der Waals surface area contributed by atoms with Crippen molar-refractivity contribution in [3.05, 3.63) is 0 Å². The predicted molar refractivity (Wildman–Crippen MR) is 56.2 cm³/mol. The molecular formula is C11H22O3. The third-order valence-corrected chi connectivity index (χ3v) is 1.99. The molecule has 0 aromatic rings. The standard InChI is InChI=1S/C11H22O3/c1-3-4-10-14-11(12)8-6-5-7-9-13-2/h3-10H2,1-2H3. The van der Waals surface area contributed by atoms with E-state index in [1.807, 2.05) is 0 Å². The number of ether oxygens (including phenoxy) is 2. The average Bonchev–Trinajstić information content (AvgIpc) is 2.18. The predicted octanol–water partition coefficient (Wildman–Crippen LogP) is 2.54. The third kappa shape index (κ3) is 9.52. The van der Waals surface area contributed by atoms with Crippen LogP contribution in [0, 0.1) is 0 Å². The molecule has 0 unspecified atom stereocenters. The minimum atomic E-state index is -0.0594. The van der Waals surface area contributed by atoms with E-state index >= 15 is 0 Å². The molecule has 0 rings (SSSR count). The highest BCUT2D eigenvalue weighted by molar-refractivity contribution is 5.69. The topological polar surface area (TPSA) is 35.5 Å². The van der Waals surface area contributed by atoms with E-state index in [1.165, 1.54) is 0 Å². The van der Waals surface area contributed by atoms with E-state index in [0.29, 0.717) is 13.0 Å². The first-order valence-electron chi connectivity index (χ1n) is 5.45. The van der Waals surface area contributed by atoms with Gasteiger partial charge in [0.25, 0.3) is 0 Å². The molecule has 14 heavy (non-hydrogen) atoms. The van der Waals surface area contributed by atoms with Crippen molar-refractivity contribution < 1.29 is 14.3 Å². The van der Waals surface area contributed by atoms with Crippen LogP contribution in [0.5, 0.6) is 0 Å². The summed E-state index contributed by atoms with van der Waals surface area (Å²) in [6.45, 7) is 3.44. The van der Waals surface area contributed by atoms with Crippen molar-refractivity contribution in [2.24, 2.45) is 0 Å². The molecule has 84 valence electrons. The van der Waals surface area contributed by atoms with Gasteiger partial charge in [0.15, 0.2) is 0 Å². The van der Waals surface area contributed by atoms with Gasteiger partial charge in [0.2, 0.25) is 0 Å². The molecule has 0 saturated carbocycles. The van der Waals surface area contributed by atoms with Gasteiger partial charge in [-0.1, -0.05) is 19.8 Å². The molecule has 0 aliphatic heterocycles. The summed E-state index contributed by atoms with van der Waals surface area (Å²) in [6, 6.07) is 0. The number of hydrogen-bond donors (Lipinski definition) is 0. The van der Waals surface area contributed by atoms with Gasteiger partial charge >= 0.3 is 5.97 Å². The fourth-order valence-corrected chi connectivity index (χ4v) is 1.10. The van der Waals surface area contributed by atoms with Crippen LogP contribution in [0.4, 0.5) is 0 Å². The molecule has 0 N–H and O–H groups in total. The number of carbonyl (C=O) groups excluding carboxylic acids is 1. The summed E-state index contributed by atoms with van der Waals surface area (Å²) in [4.78, 5) is 11.1. The summed E-state index contributed by atoms with van der Waals surface area (Å²) in [5.41, 5.74) is 0. The molecule has 0 aliphatic rings. The maximum absolute atomic E-state index is 11.1. The number of unbranched alkanes of at least 4 members (excludes halogenated alkanes) is 3. The van der Waals surface area contributed by atoms with Crippen LogP contribution in [-0.4, -0.2) is 26.3 Å². The second-order valence-electron chi connectivity index (χ2n) is 3.38. The van der Waals surface area contributed by atoms with E-state index in [4.69, 9.17) is 9.47 Å². The highest BCUT2D eigenvalue weighted by Gasteiger charge is 2.01. The van der Waals surface area contributed by atoms with Crippen molar-refractivity contribution in [3.63, 3.8) is 0 Å². The van der Waals surface area contributed by atoms with Crippen LogP contribution in [0.15, 0.2) is 0 Å². The van der Waals surface area contributed by atoms with Crippen LogP contribution in [0.2, 0.25) is 0 Å². The van der Waals surface area contributed by atoms with Crippen LogP contribution in [0.3, 0.4) is 0 Å². The van der Waals surface area contributed by atoms with Gasteiger partial charge in [-0.2, -0.15) is 0 Å². The molecule has 0 fully saturated rings. The van der Waals surface area contributed by atoms with E-state index < -0.39 is 0 Å². The van der Waals surface area contributed by atoms with Gasteiger partial charge in [0, 0.05) is 20.1 Å². The van der Waals surface area contributed by atoms with Crippen molar-refractivity contribution in [1.29, 1.82) is 0 Å². The maximum atomic E-state index is 11.1. The number of esters is 1. The van der Waals surface area contributed by atoms with Gasteiger partial charge in [0.05, 0.1) is 6.61 Å². The zero-order chi connectivity index (χ0) is 10.6. The average molecular weight is 202 g/mol. The first kappa shape index (κ1) is 13.4. The lowest BCUT2D eigenvalue weighted by Crippen LogP contribution is -2.05. The Morgan fingerprint density at radius 1 is 1.07 bits per heavy atom. The highest BCUT2D eigenvalue weighted by atomic mass is 16.5. The smallest absolute Gasteiger partial charge is 0.305 e. The molecular weight excluding hydrogens is 180 g/mol. The number of hydrogen-bond acceptors (Lipinski definition) is 3. The second kappa shape index (κ2) is 10.5. The summed E-state index contributed by atoms with van der Waals surface area (Å²) >= 11 is 0. The monoisotopic (exact) mass is 202 g/mol. The summed E-state index contributed by atoms with van der Waals surface area (Å²) < 4.78 is 9.93. The van der Waals surface area contributed by atoms with E-state index in [9.17, 15) is 4.79 Å². The second-order valence-corrected chi connectivity index (χ2v) is 3.38. The Kier molecular flexibility index (Phi) is 10.1. The van der Waals surface area contributed by atoms with E-state index in [1.54, 1.807) is 7.11 Å². The van der Waals surface area contributed by atoms with Crippen molar-refractivity contribution >= 4 is 5.97 Å². The Bertz CT molecular complexity index is 134. The van der Waals surface area contributed by atoms with Crippen LogP contribution < -0.4 is 0 Å². The largest absolute Gasteiger partial charge is 0.466 e. The summed E-state index contributed by atoms with van der Waals surface area (Å²) in [5, 5.41) is 0. The lowest BCUT2D eigenvalue weighted by atomic mass is 10.2. The first-order chi connectivity index (χ1) is 6.81. The molecule has 0 aromatic carbocycles. The van der Waals surface area contributed by atoms with Crippen LogP contribution >= 0.6 is 0 Å². The Morgan fingerprint density at radius 2 is 1.86 bits per heavy atom. The van der Waals surface area contributed by atoms with E-state index in [0.717, 1.165) is 38.7 Å². The lowest BCUT2D eigenvalue weighted by molar-refractivity contribution is -0.143. The van der Waals surface area contributed by atoms with Crippen molar-refractivity contribution in [1.82, 2.24) is 0 Å². The van der Waals surface area contributed by atoms with Gasteiger partial charge in [-0.3, -0.25) is 4.79 Å². The normalized spacial score (nSPS) is 10.1. The molecule has 0 saturated heterocycles. The highest BCUT2D eigenvalue weighted by Crippen LogP contribution is 2.02. The van der Waals surface area contributed by atoms with Crippen molar-refractivity contribution in [3.8, 4) is 0 Å².